The zero-order chi connectivity index (χ0) is 13.1. The summed E-state index contributed by atoms with van der Waals surface area (Å²) < 4.78 is 4.70. The van der Waals surface area contributed by atoms with Crippen LogP contribution in [-0.4, -0.2) is 42.0 Å². The van der Waals surface area contributed by atoms with Crippen molar-refractivity contribution in [3.63, 3.8) is 0 Å². The predicted octanol–water partition coefficient (Wildman–Crippen LogP) is 1.03. The Balaban J connectivity index is 2.08. The van der Waals surface area contributed by atoms with Crippen molar-refractivity contribution < 1.29 is 14.3 Å². The number of methoxy groups -OCH3 is 1. The van der Waals surface area contributed by atoms with Crippen LogP contribution in [0.2, 0.25) is 0 Å². The van der Waals surface area contributed by atoms with Gasteiger partial charge in [0.2, 0.25) is 0 Å². The molecule has 96 valence electrons. The van der Waals surface area contributed by atoms with Gasteiger partial charge in [-0.05, 0) is 25.0 Å². The fourth-order valence-corrected chi connectivity index (χ4v) is 2.16. The molecule has 1 aliphatic rings. The second-order valence-electron chi connectivity index (χ2n) is 4.43. The van der Waals surface area contributed by atoms with Crippen molar-refractivity contribution in [2.75, 3.05) is 20.2 Å². The lowest BCUT2D eigenvalue weighted by atomic mass is 10.1. The molecule has 0 radical (unpaired) electrons. The van der Waals surface area contributed by atoms with E-state index in [1.165, 1.54) is 7.11 Å². The Hall–Kier alpha value is -1.91. The number of hydrogen-bond donors (Lipinski definition) is 0. The molecule has 18 heavy (non-hydrogen) atoms. The Labute approximate surface area is 106 Å². The molecular weight excluding hydrogens is 232 g/mol. The van der Waals surface area contributed by atoms with Crippen LogP contribution >= 0.6 is 0 Å². The number of carbonyl (C=O) groups is 2. The number of hydrogen-bond acceptors (Lipinski definition) is 4. The van der Waals surface area contributed by atoms with Crippen LogP contribution in [-0.2, 0) is 9.53 Å². The Morgan fingerprint density at radius 3 is 2.94 bits per heavy atom. The van der Waals surface area contributed by atoms with Crippen molar-refractivity contribution in [1.82, 2.24) is 9.88 Å². The smallest absolute Gasteiger partial charge is 0.310 e. The van der Waals surface area contributed by atoms with E-state index in [0.29, 0.717) is 25.2 Å². The van der Waals surface area contributed by atoms with Gasteiger partial charge in [0.1, 0.15) is 5.69 Å². The van der Waals surface area contributed by atoms with Crippen LogP contribution < -0.4 is 0 Å². The molecule has 1 fully saturated rings. The number of carbonyl (C=O) groups excluding carboxylic acids is 2. The Kier molecular flexibility index (Phi) is 3.60. The lowest BCUT2D eigenvalue weighted by Gasteiger charge is -2.16. The van der Waals surface area contributed by atoms with Crippen LogP contribution in [0.5, 0.6) is 0 Å². The zero-order valence-corrected chi connectivity index (χ0v) is 10.5. The molecule has 0 N–H and O–H groups in total. The minimum absolute atomic E-state index is 0.112. The molecule has 1 amide bonds. The third-order valence-electron chi connectivity index (χ3n) is 3.22. The van der Waals surface area contributed by atoms with Gasteiger partial charge in [0.25, 0.3) is 5.91 Å². The first-order valence-electron chi connectivity index (χ1n) is 5.92. The van der Waals surface area contributed by atoms with E-state index in [1.54, 1.807) is 17.2 Å². The first-order chi connectivity index (χ1) is 8.63. The van der Waals surface area contributed by atoms with Gasteiger partial charge in [-0.25, -0.2) is 0 Å². The average Bonchev–Trinajstić information content (AvgIpc) is 2.87. The number of aryl methyl sites for hydroxylation is 1. The molecule has 5 heteroatoms. The molecule has 1 saturated heterocycles. The van der Waals surface area contributed by atoms with E-state index in [0.717, 1.165) is 5.56 Å². The van der Waals surface area contributed by atoms with E-state index >= 15 is 0 Å². The second kappa shape index (κ2) is 5.16. The summed E-state index contributed by atoms with van der Waals surface area (Å²) in [5.74, 6) is -0.564. The number of ether oxygens (including phenoxy) is 1. The van der Waals surface area contributed by atoms with Crippen LogP contribution in [0.3, 0.4) is 0 Å². The van der Waals surface area contributed by atoms with Gasteiger partial charge in [-0.2, -0.15) is 0 Å². The highest BCUT2D eigenvalue weighted by molar-refractivity contribution is 5.94. The molecular formula is C13H16N2O3. The van der Waals surface area contributed by atoms with Crippen molar-refractivity contribution in [2.24, 2.45) is 5.92 Å². The maximum atomic E-state index is 12.2. The Bertz CT molecular complexity index is 473. The zero-order valence-electron chi connectivity index (χ0n) is 10.5. The largest absolute Gasteiger partial charge is 0.469 e. The lowest BCUT2D eigenvalue weighted by molar-refractivity contribution is -0.144. The number of amides is 1. The number of pyridine rings is 1. The van der Waals surface area contributed by atoms with Crippen LogP contribution in [0.1, 0.15) is 22.5 Å². The van der Waals surface area contributed by atoms with Crippen LogP contribution in [0, 0.1) is 12.8 Å². The van der Waals surface area contributed by atoms with Gasteiger partial charge in [0.15, 0.2) is 0 Å². The molecule has 2 rings (SSSR count). The molecule has 1 aromatic rings. The molecule has 0 aromatic carbocycles. The van der Waals surface area contributed by atoms with Crippen LogP contribution in [0.25, 0.3) is 0 Å². The van der Waals surface area contributed by atoms with Crippen molar-refractivity contribution in [1.29, 1.82) is 0 Å². The third-order valence-corrected chi connectivity index (χ3v) is 3.22. The van der Waals surface area contributed by atoms with E-state index in [9.17, 15) is 9.59 Å². The number of rotatable bonds is 2. The highest BCUT2D eigenvalue weighted by Gasteiger charge is 2.32. The molecule has 1 unspecified atom stereocenters. The molecule has 2 heterocycles. The number of esters is 1. The Morgan fingerprint density at radius 1 is 1.50 bits per heavy atom. The first-order valence-corrected chi connectivity index (χ1v) is 5.92. The molecule has 1 aliphatic heterocycles. The minimum atomic E-state index is -0.247. The van der Waals surface area contributed by atoms with Gasteiger partial charge in [0, 0.05) is 19.3 Å². The van der Waals surface area contributed by atoms with E-state index in [2.05, 4.69) is 4.98 Å². The summed E-state index contributed by atoms with van der Waals surface area (Å²) in [5, 5.41) is 0. The summed E-state index contributed by atoms with van der Waals surface area (Å²) >= 11 is 0. The van der Waals surface area contributed by atoms with E-state index in [-0.39, 0.29) is 17.8 Å². The monoisotopic (exact) mass is 248 g/mol. The topological polar surface area (TPSA) is 59.5 Å². The SMILES string of the molecule is COC(=O)C1CCN(C(=O)c2ncccc2C)C1. The van der Waals surface area contributed by atoms with Crippen LogP contribution in [0.15, 0.2) is 18.3 Å². The highest BCUT2D eigenvalue weighted by Crippen LogP contribution is 2.20. The number of likely N-dealkylation sites (tertiary alicyclic amines) is 1. The van der Waals surface area contributed by atoms with Crippen molar-refractivity contribution >= 4 is 11.9 Å². The fraction of sp³-hybridized carbons (Fsp3) is 0.462. The maximum absolute atomic E-state index is 12.2. The van der Waals surface area contributed by atoms with E-state index in [4.69, 9.17) is 4.74 Å². The summed E-state index contributed by atoms with van der Waals surface area (Å²) in [6, 6.07) is 3.65. The number of aromatic nitrogens is 1. The summed E-state index contributed by atoms with van der Waals surface area (Å²) in [6.45, 7) is 2.85. The molecule has 0 bridgehead atoms. The summed E-state index contributed by atoms with van der Waals surface area (Å²) in [6.07, 6.45) is 2.26. The second-order valence-corrected chi connectivity index (χ2v) is 4.43. The third kappa shape index (κ3) is 2.34. The van der Waals surface area contributed by atoms with Gasteiger partial charge >= 0.3 is 5.97 Å². The van der Waals surface area contributed by atoms with Crippen molar-refractivity contribution in [3.05, 3.63) is 29.6 Å². The normalized spacial score (nSPS) is 18.8. The molecule has 1 aromatic heterocycles. The molecule has 1 atom stereocenters. The Morgan fingerprint density at radius 2 is 2.28 bits per heavy atom. The van der Waals surface area contributed by atoms with E-state index < -0.39 is 0 Å². The predicted molar refractivity (Wildman–Crippen MR) is 65.0 cm³/mol. The van der Waals surface area contributed by atoms with Gasteiger partial charge in [-0.1, -0.05) is 6.07 Å². The molecule has 0 aliphatic carbocycles. The lowest BCUT2D eigenvalue weighted by Crippen LogP contribution is -2.31. The van der Waals surface area contributed by atoms with Crippen molar-refractivity contribution in [2.45, 2.75) is 13.3 Å². The quantitative estimate of drug-likeness (QED) is 0.733. The van der Waals surface area contributed by atoms with Crippen LogP contribution in [0.4, 0.5) is 0 Å². The molecule has 0 spiro atoms. The summed E-state index contributed by atoms with van der Waals surface area (Å²) in [7, 11) is 1.37. The minimum Gasteiger partial charge on any atom is -0.469 e. The maximum Gasteiger partial charge on any atom is 0.310 e. The van der Waals surface area contributed by atoms with E-state index in [1.807, 2.05) is 13.0 Å². The van der Waals surface area contributed by atoms with Crippen molar-refractivity contribution in [3.8, 4) is 0 Å². The van der Waals surface area contributed by atoms with Gasteiger partial charge in [-0.3, -0.25) is 14.6 Å². The van der Waals surface area contributed by atoms with Gasteiger partial charge in [-0.15, -0.1) is 0 Å². The molecule has 5 nitrogen and oxygen atoms in total. The fourth-order valence-electron chi connectivity index (χ4n) is 2.16. The summed E-state index contributed by atoms with van der Waals surface area (Å²) in [5.41, 5.74) is 1.31. The standard InChI is InChI=1S/C13H16N2O3/c1-9-4-3-6-14-11(9)12(16)15-7-5-10(8-15)13(17)18-2/h3-4,6,10H,5,7-8H2,1-2H3. The first kappa shape index (κ1) is 12.5. The van der Waals surface area contributed by atoms with Gasteiger partial charge < -0.3 is 9.64 Å². The summed E-state index contributed by atoms with van der Waals surface area (Å²) in [4.78, 5) is 29.4. The van der Waals surface area contributed by atoms with Gasteiger partial charge in [0.05, 0.1) is 13.0 Å². The highest BCUT2D eigenvalue weighted by atomic mass is 16.5. The molecule has 0 saturated carbocycles. The average molecular weight is 248 g/mol. The number of nitrogens with zero attached hydrogens (tertiary/aromatic N) is 2.